The Morgan fingerprint density at radius 2 is 1.90 bits per heavy atom. The number of furan rings is 1. The smallest absolute Gasteiger partial charge is 0.233 e. The van der Waals surface area contributed by atoms with E-state index in [0.29, 0.717) is 11.4 Å². The zero-order chi connectivity index (χ0) is 14.4. The molecule has 0 bridgehead atoms. The van der Waals surface area contributed by atoms with Crippen molar-refractivity contribution in [3.8, 4) is 0 Å². The molecule has 2 rings (SSSR count). The maximum Gasteiger partial charge on any atom is 0.233 e. The number of hydrogen-bond donors (Lipinski definition) is 2. The largest absolute Gasteiger partial charge is 0.467 e. The van der Waals surface area contributed by atoms with Crippen molar-refractivity contribution in [3.05, 3.63) is 52.9 Å². The second kappa shape index (κ2) is 6.91. The third-order valence-corrected chi connectivity index (χ3v) is 3.20. The van der Waals surface area contributed by atoms with E-state index in [9.17, 15) is 9.59 Å². The van der Waals surface area contributed by atoms with Crippen LogP contribution in [-0.2, 0) is 16.1 Å². The average Bonchev–Trinajstić information content (AvgIpc) is 2.92. The molecular weight excluding hydrogens is 324 g/mol. The molecule has 2 N–H and O–H groups in total. The van der Waals surface area contributed by atoms with Gasteiger partial charge in [0.2, 0.25) is 11.8 Å². The first kappa shape index (κ1) is 14.3. The quantitative estimate of drug-likeness (QED) is 0.824. The van der Waals surface area contributed by atoms with Gasteiger partial charge in [-0.05, 0) is 40.2 Å². The highest BCUT2D eigenvalue weighted by atomic mass is 79.9. The van der Waals surface area contributed by atoms with Crippen LogP contribution < -0.4 is 10.6 Å². The highest BCUT2D eigenvalue weighted by molar-refractivity contribution is 9.10. The molecule has 1 aromatic heterocycles. The molecule has 0 unspecified atom stereocenters. The topological polar surface area (TPSA) is 71.3 Å². The van der Waals surface area contributed by atoms with Crippen LogP contribution in [0, 0.1) is 0 Å². The van der Waals surface area contributed by atoms with E-state index in [1.807, 2.05) is 12.1 Å². The standard InChI is InChI=1S/C14H13BrN2O3/c15-11-5-1-2-6-12(11)17-14(19)8-13(18)16-9-10-4-3-7-20-10/h1-7H,8-9H2,(H,16,18)(H,17,19). The van der Waals surface area contributed by atoms with Crippen molar-refractivity contribution in [1.82, 2.24) is 5.32 Å². The van der Waals surface area contributed by atoms with Crippen LogP contribution in [0.1, 0.15) is 12.2 Å². The molecule has 0 aliphatic rings. The molecule has 0 radical (unpaired) electrons. The molecule has 1 heterocycles. The lowest BCUT2D eigenvalue weighted by Crippen LogP contribution is -2.27. The van der Waals surface area contributed by atoms with Crippen molar-refractivity contribution >= 4 is 33.4 Å². The van der Waals surface area contributed by atoms with Gasteiger partial charge in [0.25, 0.3) is 0 Å². The van der Waals surface area contributed by atoms with Gasteiger partial charge in [0, 0.05) is 4.47 Å². The number of carbonyl (C=O) groups excluding carboxylic acids is 2. The summed E-state index contributed by atoms with van der Waals surface area (Å²) in [6.07, 6.45) is 1.29. The van der Waals surface area contributed by atoms with Gasteiger partial charge in [-0.25, -0.2) is 0 Å². The lowest BCUT2D eigenvalue weighted by molar-refractivity contribution is -0.127. The summed E-state index contributed by atoms with van der Waals surface area (Å²) in [4.78, 5) is 23.3. The number of hydrogen-bond acceptors (Lipinski definition) is 3. The molecule has 2 amide bonds. The van der Waals surface area contributed by atoms with Crippen LogP contribution in [-0.4, -0.2) is 11.8 Å². The van der Waals surface area contributed by atoms with Crippen molar-refractivity contribution in [2.45, 2.75) is 13.0 Å². The Kier molecular flexibility index (Phi) is 4.95. The molecule has 2 aromatic rings. The molecule has 0 aliphatic heterocycles. The molecule has 5 nitrogen and oxygen atoms in total. The van der Waals surface area contributed by atoms with Crippen molar-refractivity contribution in [2.75, 3.05) is 5.32 Å². The second-order valence-corrected chi connectivity index (χ2v) is 4.92. The van der Waals surface area contributed by atoms with Gasteiger partial charge in [-0.2, -0.15) is 0 Å². The zero-order valence-electron chi connectivity index (χ0n) is 10.6. The molecule has 0 spiro atoms. The van der Waals surface area contributed by atoms with E-state index in [2.05, 4.69) is 26.6 Å². The summed E-state index contributed by atoms with van der Waals surface area (Å²) >= 11 is 3.32. The molecule has 0 saturated heterocycles. The number of halogens is 1. The van der Waals surface area contributed by atoms with E-state index in [4.69, 9.17) is 4.42 Å². The fourth-order valence-electron chi connectivity index (χ4n) is 1.56. The van der Waals surface area contributed by atoms with Crippen LogP contribution in [0.5, 0.6) is 0 Å². The van der Waals surface area contributed by atoms with Crippen molar-refractivity contribution < 1.29 is 14.0 Å². The van der Waals surface area contributed by atoms with Crippen LogP contribution in [0.4, 0.5) is 5.69 Å². The Bertz CT molecular complexity index is 596. The summed E-state index contributed by atoms with van der Waals surface area (Å²) in [5, 5.41) is 5.28. The first-order chi connectivity index (χ1) is 9.65. The summed E-state index contributed by atoms with van der Waals surface area (Å²) in [7, 11) is 0. The van der Waals surface area contributed by atoms with Gasteiger partial charge >= 0.3 is 0 Å². The van der Waals surface area contributed by atoms with Gasteiger partial charge < -0.3 is 15.1 Å². The highest BCUT2D eigenvalue weighted by Crippen LogP contribution is 2.21. The zero-order valence-corrected chi connectivity index (χ0v) is 12.1. The van der Waals surface area contributed by atoms with E-state index < -0.39 is 0 Å². The summed E-state index contributed by atoms with van der Waals surface area (Å²) in [6, 6.07) is 10.7. The van der Waals surface area contributed by atoms with E-state index >= 15 is 0 Å². The summed E-state index contributed by atoms with van der Waals surface area (Å²) in [6.45, 7) is 0.272. The van der Waals surface area contributed by atoms with Gasteiger partial charge in [0.05, 0.1) is 18.5 Å². The Hall–Kier alpha value is -2.08. The minimum atomic E-state index is -0.367. The number of carbonyl (C=O) groups is 2. The van der Waals surface area contributed by atoms with E-state index in [-0.39, 0.29) is 24.8 Å². The highest BCUT2D eigenvalue weighted by Gasteiger charge is 2.11. The predicted molar refractivity (Wildman–Crippen MR) is 77.9 cm³/mol. The van der Waals surface area contributed by atoms with Crippen LogP contribution in [0.3, 0.4) is 0 Å². The molecule has 0 aliphatic carbocycles. The lowest BCUT2D eigenvalue weighted by atomic mass is 10.3. The number of rotatable bonds is 5. The van der Waals surface area contributed by atoms with Gasteiger partial charge in [0.1, 0.15) is 12.2 Å². The van der Waals surface area contributed by atoms with Crippen LogP contribution in [0.2, 0.25) is 0 Å². The van der Waals surface area contributed by atoms with Crippen molar-refractivity contribution in [1.29, 1.82) is 0 Å². The molecule has 1 aromatic carbocycles. The van der Waals surface area contributed by atoms with Gasteiger partial charge in [-0.15, -0.1) is 0 Å². The van der Waals surface area contributed by atoms with Crippen LogP contribution >= 0.6 is 15.9 Å². The third kappa shape index (κ3) is 4.24. The van der Waals surface area contributed by atoms with E-state index in [1.165, 1.54) is 6.26 Å². The normalized spacial score (nSPS) is 10.1. The second-order valence-electron chi connectivity index (χ2n) is 4.06. The summed E-state index contributed by atoms with van der Waals surface area (Å²) in [5.41, 5.74) is 0.635. The number of anilines is 1. The molecule has 0 saturated carbocycles. The fraction of sp³-hybridized carbons (Fsp3) is 0.143. The van der Waals surface area contributed by atoms with Crippen molar-refractivity contribution in [2.24, 2.45) is 0 Å². The fourth-order valence-corrected chi connectivity index (χ4v) is 1.95. The van der Waals surface area contributed by atoms with Crippen LogP contribution in [0.15, 0.2) is 51.6 Å². The first-order valence-electron chi connectivity index (χ1n) is 5.98. The maximum absolute atomic E-state index is 11.7. The third-order valence-electron chi connectivity index (χ3n) is 2.51. The van der Waals surface area contributed by atoms with Crippen molar-refractivity contribution in [3.63, 3.8) is 0 Å². The summed E-state index contributed by atoms with van der Waals surface area (Å²) < 4.78 is 5.85. The molecule has 0 fully saturated rings. The predicted octanol–water partition coefficient (Wildman–Crippen LogP) is 2.69. The first-order valence-corrected chi connectivity index (χ1v) is 6.78. The van der Waals surface area contributed by atoms with Gasteiger partial charge in [-0.1, -0.05) is 12.1 Å². The monoisotopic (exact) mass is 336 g/mol. The SMILES string of the molecule is O=C(CC(=O)Nc1ccccc1Br)NCc1ccco1. The summed E-state index contributed by atoms with van der Waals surface area (Å²) in [5.74, 6) is -0.0793. The van der Waals surface area contributed by atoms with E-state index in [0.717, 1.165) is 4.47 Å². The van der Waals surface area contributed by atoms with Crippen LogP contribution in [0.25, 0.3) is 0 Å². The number of para-hydroxylation sites is 1. The Morgan fingerprint density at radius 1 is 1.10 bits per heavy atom. The lowest BCUT2D eigenvalue weighted by Gasteiger charge is -2.07. The molecule has 104 valence electrons. The molecule has 6 heteroatoms. The number of benzene rings is 1. The Balaban J connectivity index is 1.79. The minimum Gasteiger partial charge on any atom is -0.467 e. The number of nitrogens with one attached hydrogen (secondary N) is 2. The average molecular weight is 337 g/mol. The van der Waals surface area contributed by atoms with Gasteiger partial charge in [0.15, 0.2) is 0 Å². The number of amides is 2. The maximum atomic E-state index is 11.7. The molecular formula is C14H13BrN2O3. The Morgan fingerprint density at radius 3 is 2.60 bits per heavy atom. The molecule has 0 atom stereocenters. The van der Waals surface area contributed by atoms with Gasteiger partial charge in [-0.3, -0.25) is 9.59 Å². The van der Waals surface area contributed by atoms with E-state index in [1.54, 1.807) is 24.3 Å². The molecule has 20 heavy (non-hydrogen) atoms. The minimum absolute atomic E-state index is 0.234. The Labute approximate surface area is 124 Å².